The number of hydrogen-bond donors (Lipinski definition) is 3. The highest BCUT2D eigenvalue weighted by molar-refractivity contribution is 6.09. The Balaban J connectivity index is 1.49. The zero-order chi connectivity index (χ0) is 23.2. The lowest BCUT2D eigenvalue weighted by atomic mass is 10.0. The van der Waals surface area contributed by atoms with Crippen LogP contribution in [0.25, 0.3) is 16.3 Å². The molecule has 0 atom stereocenters. The molecular formula is C25H28N6O2. The second-order valence-electron chi connectivity index (χ2n) is 8.12. The third-order valence-corrected chi connectivity index (χ3v) is 5.70. The van der Waals surface area contributed by atoms with Crippen LogP contribution in [0.2, 0.25) is 0 Å². The quantitative estimate of drug-likeness (QED) is 0.482. The number of allylic oxidation sites excluding steroid dienone is 1. The van der Waals surface area contributed by atoms with Gasteiger partial charge in [0.15, 0.2) is 0 Å². The number of amides is 1. The van der Waals surface area contributed by atoms with Crippen LogP contribution in [0.3, 0.4) is 0 Å². The van der Waals surface area contributed by atoms with E-state index in [-0.39, 0.29) is 12.0 Å². The fourth-order valence-corrected chi connectivity index (χ4v) is 3.83. The number of nitrogens with zero attached hydrogens (tertiary/aromatic N) is 3. The van der Waals surface area contributed by atoms with Crippen LogP contribution in [-0.4, -0.2) is 60.3 Å². The topological polar surface area (TPSA) is 103 Å². The summed E-state index contributed by atoms with van der Waals surface area (Å²) in [5.74, 6) is 0.640. The van der Waals surface area contributed by atoms with Crippen LogP contribution in [-0.2, 0) is 0 Å². The number of rotatable bonds is 7. The van der Waals surface area contributed by atoms with Crippen LogP contribution >= 0.6 is 0 Å². The van der Waals surface area contributed by atoms with Gasteiger partial charge in [-0.15, -0.1) is 0 Å². The number of hydrogen-bond acceptors (Lipinski definition) is 7. The molecule has 8 nitrogen and oxygen atoms in total. The number of piperidine rings is 1. The number of fused-ring (bicyclic) bond motifs is 1. The Labute approximate surface area is 193 Å². The van der Waals surface area contributed by atoms with Crippen LogP contribution in [0.5, 0.6) is 5.88 Å². The summed E-state index contributed by atoms with van der Waals surface area (Å²) in [6.45, 7) is 1.98. The van der Waals surface area contributed by atoms with Crippen molar-refractivity contribution in [2.75, 3.05) is 32.5 Å². The average molecular weight is 445 g/mol. The Kier molecular flexibility index (Phi) is 6.95. The van der Waals surface area contributed by atoms with E-state index in [1.54, 1.807) is 37.8 Å². The second-order valence-corrected chi connectivity index (χ2v) is 8.12. The van der Waals surface area contributed by atoms with E-state index in [9.17, 15) is 4.79 Å². The van der Waals surface area contributed by atoms with Gasteiger partial charge in [0, 0.05) is 67.5 Å². The van der Waals surface area contributed by atoms with Gasteiger partial charge in [0.05, 0.1) is 0 Å². The maximum atomic E-state index is 12.9. The average Bonchev–Trinajstić information content (AvgIpc) is 2.83. The summed E-state index contributed by atoms with van der Waals surface area (Å²) in [6, 6.07) is 11.0. The lowest BCUT2D eigenvalue weighted by molar-refractivity contribution is 0.101. The van der Waals surface area contributed by atoms with E-state index in [0.29, 0.717) is 17.3 Å². The van der Waals surface area contributed by atoms with Crippen LogP contribution in [0.1, 0.15) is 28.8 Å². The van der Waals surface area contributed by atoms with Gasteiger partial charge in [-0.1, -0.05) is 12.1 Å². The van der Waals surface area contributed by atoms with Crippen molar-refractivity contribution in [1.82, 2.24) is 20.2 Å². The first-order valence-electron chi connectivity index (χ1n) is 11.0. The van der Waals surface area contributed by atoms with Crippen molar-refractivity contribution in [3.63, 3.8) is 0 Å². The maximum absolute atomic E-state index is 12.9. The fourth-order valence-electron chi connectivity index (χ4n) is 3.83. The molecule has 8 heteroatoms. The summed E-state index contributed by atoms with van der Waals surface area (Å²) in [4.78, 5) is 23.8. The van der Waals surface area contributed by atoms with E-state index in [0.717, 1.165) is 47.8 Å². The minimum Gasteiger partial charge on any atom is -0.474 e. The minimum atomic E-state index is -0.274. The van der Waals surface area contributed by atoms with Gasteiger partial charge in [-0.05, 0) is 49.0 Å². The number of benzene rings is 1. The first-order chi connectivity index (χ1) is 16.1. The van der Waals surface area contributed by atoms with Crippen LogP contribution in [0, 0.1) is 5.41 Å². The minimum absolute atomic E-state index is 0.117. The zero-order valence-electron chi connectivity index (χ0n) is 18.8. The highest BCUT2D eigenvalue weighted by atomic mass is 16.5. The Morgan fingerprint density at radius 1 is 1.12 bits per heavy atom. The Morgan fingerprint density at radius 2 is 1.94 bits per heavy atom. The predicted molar refractivity (Wildman–Crippen MR) is 131 cm³/mol. The van der Waals surface area contributed by atoms with Gasteiger partial charge in [0.1, 0.15) is 11.9 Å². The van der Waals surface area contributed by atoms with Gasteiger partial charge in [-0.2, -0.15) is 0 Å². The van der Waals surface area contributed by atoms with Crippen molar-refractivity contribution in [3.8, 4) is 5.88 Å². The van der Waals surface area contributed by atoms with E-state index in [2.05, 4.69) is 32.5 Å². The zero-order valence-corrected chi connectivity index (χ0v) is 18.8. The van der Waals surface area contributed by atoms with Gasteiger partial charge in [0.25, 0.3) is 5.91 Å². The van der Waals surface area contributed by atoms with Gasteiger partial charge in [-0.3, -0.25) is 4.79 Å². The molecule has 0 unspecified atom stereocenters. The molecule has 0 spiro atoms. The van der Waals surface area contributed by atoms with Crippen molar-refractivity contribution in [3.05, 3.63) is 66.1 Å². The van der Waals surface area contributed by atoms with Gasteiger partial charge in [0.2, 0.25) is 5.88 Å². The molecule has 0 radical (unpaired) electrons. The third kappa shape index (κ3) is 5.53. The van der Waals surface area contributed by atoms with Crippen LogP contribution in [0.15, 0.2) is 55.0 Å². The number of nitrogens with one attached hydrogen (secondary N) is 3. The first kappa shape index (κ1) is 22.4. The molecule has 33 heavy (non-hydrogen) atoms. The normalized spacial score (nSPS) is 15.3. The highest BCUT2D eigenvalue weighted by Gasteiger charge is 2.19. The standard InChI is InChI=1S/C25H28N6O2/c1-27-15-21(14-26)17-3-4-19-16-29-23(12-20(19)11-17)30-25(32)18-5-8-28-24(13-18)33-22-6-9-31(2)10-7-22/h3-5,8,11-16,22,26-27H,6-7,9-10H2,1-2H3,(H,29,30,32)/b21-15+,26-14?. The summed E-state index contributed by atoms with van der Waals surface area (Å²) in [5, 5.41) is 15.3. The number of carbonyl (C=O) groups excluding carboxylic acids is 1. The summed E-state index contributed by atoms with van der Waals surface area (Å²) in [7, 11) is 3.90. The van der Waals surface area contributed by atoms with E-state index < -0.39 is 0 Å². The lowest BCUT2D eigenvalue weighted by Gasteiger charge is -2.28. The van der Waals surface area contributed by atoms with Crippen molar-refractivity contribution in [1.29, 1.82) is 5.41 Å². The van der Waals surface area contributed by atoms with E-state index in [1.165, 1.54) is 6.21 Å². The molecule has 0 saturated carbocycles. The number of ether oxygens (including phenoxy) is 1. The molecule has 1 aliphatic rings. The van der Waals surface area contributed by atoms with Crippen molar-refractivity contribution in [2.45, 2.75) is 18.9 Å². The third-order valence-electron chi connectivity index (χ3n) is 5.70. The molecule has 170 valence electrons. The van der Waals surface area contributed by atoms with E-state index >= 15 is 0 Å². The van der Waals surface area contributed by atoms with Crippen molar-refractivity contribution in [2.24, 2.45) is 0 Å². The molecule has 2 aromatic heterocycles. The maximum Gasteiger partial charge on any atom is 0.257 e. The van der Waals surface area contributed by atoms with E-state index in [4.69, 9.17) is 10.1 Å². The molecule has 0 bridgehead atoms. The summed E-state index contributed by atoms with van der Waals surface area (Å²) >= 11 is 0. The number of carbonyl (C=O) groups is 1. The largest absolute Gasteiger partial charge is 0.474 e. The summed E-state index contributed by atoms with van der Waals surface area (Å²) < 4.78 is 6.01. The molecule has 3 heterocycles. The Bertz CT molecular complexity index is 1180. The Hall–Kier alpha value is -3.78. The second kappa shape index (κ2) is 10.2. The van der Waals surface area contributed by atoms with E-state index in [1.807, 2.05) is 24.3 Å². The van der Waals surface area contributed by atoms with Crippen molar-refractivity contribution < 1.29 is 9.53 Å². The smallest absolute Gasteiger partial charge is 0.257 e. The van der Waals surface area contributed by atoms with Crippen LogP contribution in [0.4, 0.5) is 5.82 Å². The summed E-state index contributed by atoms with van der Waals surface area (Å²) in [5.41, 5.74) is 2.13. The number of aromatic nitrogens is 2. The molecule has 3 aromatic rings. The van der Waals surface area contributed by atoms with Gasteiger partial charge >= 0.3 is 0 Å². The SMILES string of the molecule is CN/C=C(\C=N)c1ccc2cnc(NC(=O)c3ccnc(OC4CCN(C)CC4)c3)cc2c1. The monoisotopic (exact) mass is 444 g/mol. The highest BCUT2D eigenvalue weighted by Crippen LogP contribution is 2.23. The van der Waals surface area contributed by atoms with Gasteiger partial charge in [-0.25, -0.2) is 9.97 Å². The Morgan fingerprint density at radius 3 is 2.70 bits per heavy atom. The van der Waals surface area contributed by atoms with Crippen molar-refractivity contribution >= 4 is 34.3 Å². The molecule has 1 saturated heterocycles. The molecule has 1 aromatic carbocycles. The molecule has 1 aliphatic heterocycles. The summed E-state index contributed by atoms with van der Waals surface area (Å²) in [6.07, 6.45) is 8.39. The molecule has 1 amide bonds. The predicted octanol–water partition coefficient (Wildman–Crippen LogP) is 3.56. The number of pyridine rings is 2. The first-order valence-corrected chi connectivity index (χ1v) is 11.0. The van der Waals surface area contributed by atoms with Gasteiger partial charge < -0.3 is 25.7 Å². The lowest BCUT2D eigenvalue weighted by Crippen LogP contribution is -2.35. The molecule has 4 rings (SSSR count). The molecular weight excluding hydrogens is 416 g/mol. The fraction of sp³-hybridized carbons (Fsp3) is 0.280. The molecule has 3 N–H and O–H groups in total. The van der Waals surface area contributed by atoms with Crippen LogP contribution < -0.4 is 15.4 Å². The number of anilines is 1. The number of likely N-dealkylation sites (tertiary alicyclic amines) is 1. The molecule has 0 aliphatic carbocycles. The molecule has 1 fully saturated rings.